The van der Waals surface area contributed by atoms with Gasteiger partial charge in [-0.2, -0.15) is 0 Å². The molecule has 1 aliphatic rings. The molecule has 1 N–H and O–H groups in total. The number of carbonyl (C=O) groups is 1. The topological polar surface area (TPSA) is 72.9 Å². The molecule has 1 saturated heterocycles. The van der Waals surface area contributed by atoms with Crippen LogP contribution in [0.5, 0.6) is 17.2 Å². The number of thiazole rings is 1. The summed E-state index contributed by atoms with van der Waals surface area (Å²) in [6.07, 6.45) is 1.79. The van der Waals surface area contributed by atoms with Gasteiger partial charge in [-0.3, -0.25) is 0 Å². The second kappa shape index (κ2) is 10.5. The Morgan fingerprint density at radius 3 is 2.52 bits per heavy atom. The van der Waals surface area contributed by atoms with Crippen LogP contribution in [0.25, 0.3) is 10.2 Å². The van der Waals surface area contributed by atoms with Crippen LogP contribution in [-0.2, 0) is 6.54 Å². The fraction of sp³-hybridized carbons (Fsp3) is 0.417. The molecule has 0 unspecified atom stereocenters. The van der Waals surface area contributed by atoms with Crippen LogP contribution >= 0.6 is 22.9 Å². The molecule has 2 aromatic carbocycles. The molecule has 0 saturated carbocycles. The van der Waals surface area contributed by atoms with Gasteiger partial charge in [0.25, 0.3) is 0 Å². The first-order chi connectivity index (χ1) is 16.0. The van der Waals surface area contributed by atoms with Crippen molar-refractivity contribution >= 4 is 39.2 Å². The number of nitrogens with one attached hydrogen (secondary N) is 1. The maximum absolute atomic E-state index is 12.8. The van der Waals surface area contributed by atoms with Gasteiger partial charge in [0, 0.05) is 30.6 Å². The Kier molecular flexibility index (Phi) is 7.45. The Morgan fingerprint density at radius 1 is 1.18 bits per heavy atom. The van der Waals surface area contributed by atoms with E-state index in [0.29, 0.717) is 54.4 Å². The molecule has 3 aromatic rings. The SMILES string of the molecule is CCOc1c(OC)cc(CNC(=O)N2CCC(c3nc4cc(Cl)ccc4s3)CC2)cc1OC. The van der Waals surface area contributed by atoms with Crippen LogP contribution in [0.15, 0.2) is 30.3 Å². The van der Waals surface area contributed by atoms with Gasteiger partial charge in [0.05, 0.1) is 36.1 Å². The molecule has 2 amide bonds. The summed E-state index contributed by atoms with van der Waals surface area (Å²) in [5.41, 5.74) is 1.83. The molecule has 7 nitrogen and oxygen atoms in total. The number of aromatic nitrogens is 1. The van der Waals surface area contributed by atoms with Crippen LogP contribution in [0.1, 0.15) is 36.3 Å². The lowest BCUT2D eigenvalue weighted by molar-refractivity contribution is 0.181. The number of hydrogen-bond acceptors (Lipinski definition) is 6. The number of fused-ring (bicyclic) bond motifs is 1. The van der Waals surface area contributed by atoms with Crippen LogP contribution in [-0.4, -0.2) is 49.8 Å². The van der Waals surface area contributed by atoms with Gasteiger partial charge in [0.2, 0.25) is 5.75 Å². The Bertz CT molecular complexity index is 1100. The number of ether oxygens (including phenoxy) is 3. The van der Waals surface area contributed by atoms with E-state index in [0.717, 1.165) is 33.6 Å². The Hall–Kier alpha value is -2.71. The number of hydrogen-bond donors (Lipinski definition) is 1. The van der Waals surface area contributed by atoms with Crippen molar-refractivity contribution in [3.05, 3.63) is 45.9 Å². The molecule has 1 aromatic heterocycles. The van der Waals surface area contributed by atoms with Gasteiger partial charge >= 0.3 is 6.03 Å². The van der Waals surface area contributed by atoms with E-state index in [1.807, 2.05) is 42.2 Å². The molecule has 0 spiro atoms. The summed E-state index contributed by atoms with van der Waals surface area (Å²) in [6.45, 7) is 4.18. The van der Waals surface area contributed by atoms with Gasteiger partial charge in [0.15, 0.2) is 11.5 Å². The highest BCUT2D eigenvalue weighted by Gasteiger charge is 2.26. The van der Waals surface area contributed by atoms with Crippen molar-refractivity contribution < 1.29 is 19.0 Å². The van der Waals surface area contributed by atoms with Crippen molar-refractivity contribution in [2.24, 2.45) is 0 Å². The van der Waals surface area contributed by atoms with E-state index in [1.165, 1.54) is 0 Å². The minimum absolute atomic E-state index is 0.0728. The van der Waals surface area contributed by atoms with Crippen molar-refractivity contribution in [3.63, 3.8) is 0 Å². The van der Waals surface area contributed by atoms with Crippen molar-refractivity contribution in [1.29, 1.82) is 0 Å². The predicted octanol–water partition coefficient (Wildman–Crippen LogP) is 5.45. The Labute approximate surface area is 202 Å². The summed E-state index contributed by atoms with van der Waals surface area (Å²) >= 11 is 7.81. The normalized spacial score (nSPS) is 14.4. The molecule has 33 heavy (non-hydrogen) atoms. The van der Waals surface area contributed by atoms with Crippen LogP contribution < -0.4 is 19.5 Å². The molecule has 0 bridgehead atoms. The van der Waals surface area contributed by atoms with Crippen LogP contribution in [0.4, 0.5) is 4.79 Å². The van der Waals surface area contributed by atoms with E-state index < -0.39 is 0 Å². The number of nitrogens with zero attached hydrogens (tertiary/aromatic N) is 2. The lowest BCUT2D eigenvalue weighted by Crippen LogP contribution is -2.43. The number of urea groups is 1. The lowest BCUT2D eigenvalue weighted by Gasteiger charge is -2.31. The monoisotopic (exact) mass is 489 g/mol. The molecule has 2 heterocycles. The fourth-order valence-corrected chi connectivity index (χ4v) is 5.32. The van der Waals surface area contributed by atoms with Gasteiger partial charge in [-0.25, -0.2) is 9.78 Å². The zero-order chi connectivity index (χ0) is 23.4. The van der Waals surface area contributed by atoms with Gasteiger partial charge < -0.3 is 24.4 Å². The van der Waals surface area contributed by atoms with Crippen LogP contribution in [0.2, 0.25) is 5.02 Å². The quantitative estimate of drug-likeness (QED) is 0.477. The predicted molar refractivity (Wildman–Crippen MR) is 131 cm³/mol. The van der Waals surface area contributed by atoms with E-state index in [4.69, 9.17) is 30.8 Å². The molecule has 1 aliphatic heterocycles. The summed E-state index contributed by atoms with van der Waals surface area (Å²) in [7, 11) is 3.17. The summed E-state index contributed by atoms with van der Waals surface area (Å²) < 4.78 is 17.7. The third-order valence-corrected chi connectivity index (χ3v) is 7.18. The number of piperidine rings is 1. The number of carbonyl (C=O) groups excluding carboxylic acids is 1. The van der Waals surface area contributed by atoms with E-state index in [2.05, 4.69) is 5.32 Å². The maximum Gasteiger partial charge on any atom is 0.317 e. The minimum atomic E-state index is -0.0728. The van der Waals surface area contributed by atoms with E-state index in [1.54, 1.807) is 25.6 Å². The summed E-state index contributed by atoms with van der Waals surface area (Å²) in [5, 5.41) is 4.84. The van der Waals surface area contributed by atoms with E-state index in [9.17, 15) is 4.79 Å². The standard InChI is InChI=1S/C24H28ClN3O4S/c1-4-32-22-19(30-2)11-15(12-20(22)31-3)14-26-24(29)28-9-7-16(8-10-28)23-27-18-13-17(25)5-6-21(18)33-23/h5-6,11-13,16H,4,7-10,14H2,1-3H3,(H,26,29). The van der Waals surface area contributed by atoms with Gasteiger partial charge in [-0.05, 0) is 55.7 Å². The van der Waals surface area contributed by atoms with E-state index in [-0.39, 0.29) is 6.03 Å². The molecule has 0 atom stereocenters. The molecule has 1 fully saturated rings. The third-order valence-electron chi connectivity index (χ3n) is 5.75. The van der Waals surface area contributed by atoms with Crippen molar-refractivity contribution in [2.75, 3.05) is 33.9 Å². The minimum Gasteiger partial charge on any atom is -0.493 e. The lowest BCUT2D eigenvalue weighted by atomic mass is 9.98. The van der Waals surface area contributed by atoms with Crippen LogP contribution in [0.3, 0.4) is 0 Å². The van der Waals surface area contributed by atoms with Crippen molar-refractivity contribution in [2.45, 2.75) is 32.2 Å². The Morgan fingerprint density at radius 2 is 1.88 bits per heavy atom. The molecule has 0 radical (unpaired) electrons. The highest BCUT2D eigenvalue weighted by molar-refractivity contribution is 7.18. The Balaban J connectivity index is 1.34. The number of amides is 2. The first-order valence-electron chi connectivity index (χ1n) is 11.0. The van der Waals surface area contributed by atoms with Crippen LogP contribution in [0, 0.1) is 0 Å². The van der Waals surface area contributed by atoms with Gasteiger partial charge in [0.1, 0.15) is 0 Å². The summed E-state index contributed by atoms with van der Waals surface area (Å²) in [6, 6.07) is 9.47. The number of likely N-dealkylation sites (tertiary alicyclic amines) is 1. The average Bonchev–Trinajstić information content (AvgIpc) is 3.26. The van der Waals surface area contributed by atoms with Gasteiger partial charge in [-0.15, -0.1) is 11.3 Å². The number of methoxy groups -OCH3 is 2. The zero-order valence-corrected chi connectivity index (χ0v) is 20.6. The average molecular weight is 490 g/mol. The number of rotatable bonds is 7. The second-order valence-corrected chi connectivity index (χ2v) is 9.35. The molecular formula is C24H28ClN3O4S. The van der Waals surface area contributed by atoms with Gasteiger partial charge in [-0.1, -0.05) is 11.6 Å². The molecular weight excluding hydrogens is 462 g/mol. The highest BCUT2D eigenvalue weighted by atomic mass is 35.5. The van der Waals surface area contributed by atoms with E-state index >= 15 is 0 Å². The zero-order valence-electron chi connectivity index (χ0n) is 19.0. The molecule has 9 heteroatoms. The van der Waals surface area contributed by atoms with Crippen molar-refractivity contribution in [1.82, 2.24) is 15.2 Å². The molecule has 176 valence electrons. The van der Waals surface area contributed by atoms with Crippen molar-refractivity contribution in [3.8, 4) is 17.2 Å². The second-order valence-electron chi connectivity index (χ2n) is 7.85. The number of halogens is 1. The number of benzene rings is 2. The largest absolute Gasteiger partial charge is 0.493 e. The first kappa shape index (κ1) is 23.4. The maximum atomic E-state index is 12.8. The summed E-state index contributed by atoms with van der Waals surface area (Å²) in [4.78, 5) is 19.4. The molecule has 0 aliphatic carbocycles. The smallest absolute Gasteiger partial charge is 0.317 e. The first-order valence-corrected chi connectivity index (χ1v) is 12.2. The summed E-state index contributed by atoms with van der Waals surface area (Å²) in [5.74, 6) is 2.10. The third kappa shape index (κ3) is 5.28. The fourth-order valence-electron chi connectivity index (χ4n) is 4.03. The highest BCUT2D eigenvalue weighted by Crippen LogP contribution is 2.39. The molecule has 4 rings (SSSR count).